The maximum atomic E-state index is 12.0. The monoisotopic (exact) mass is 314 g/mol. The molecule has 0 unspecified atom stereocenters. The van der Waals surface area contributed by atoms with E-state index < -0.39 is 10.0 Å². The molecule has 7 heteroatoms. The lowest BCUT2D eigenvalue weighted by Crippen LogP contribution is -2.43. The fraction of sp³-hybridized carbons (Fsp3) is 0.500. The zero-order valence-corrected chi connectivity index (χ0v) is 13.6. The van der Waals surface area contributed by atoms with Gasteiger partial charge in [-0.2, -0.15) is 0 Å². The molecule has 118 valence electrons. The zero-order valence-electron chi connectivity index (χ0n) is 12.8. The van der Waals surface area contributed by atoms with E-state index in [4.69, 9.17) is 9.88 Å². The Hall–Kier alpha value is -1.60. The van der Waals surface area contributed by atoms with Crippen LogP contribution in [0.15, 0.2) is 23.1 Å². The number of carbonyl (C=O) groups excluding carboxylic acids is 1. The standard InChI is InChI=1S/C14H22N2O4S/c1-5-14(2,3)16-13(17)9-10-6-7-11(20-4)12(8-10)21(15,18)19/h6-8H,5,9H2,1-4H3,(H,16,17)(H2,15,18,19). The van der Waals surface area contributed by atoms with E-state index in [0.717, 1.165) is 6.42 Å². The van der Waals surface area contributed by atoms with Gasteiger partial charge in [0, 0.05) is 5.54 Å². The highest BCUT2D eigenvalue weighted by Crippen LogP contribution is 2.24. The minimum Gasteiger partial charge on any atom is -0.495 e. The van der Waals surface area contributed by atoms with Gasteiger partial charge in [0.15, 0.2) is 0 Å². The third kappa shape index (κ3) is 5.02. The summed E-state index contributed by atoms with van der Waals surface area (Å²) in [5, 5.41) is 8.04. The first-order chi connectivity index (χ1) is 9.59. The number of sulfonamides is 1. The van der Waals surface area contributed by atoms with Crippen LogP contribution < -0.4 is 15.2 Å². The summed E-state index contributed by atoms with van der Waals surface area (Å²) >= 11 is 0. The van der Waals surface area contributed by atoms with Gasteiger partial charge in [-0.3, -0.25) is 4.79 Å². The van der Waals surface area contributed by atoms with Gasteiger partial charge in [0.05, 0.1) is 13.5 Å². The third-order valence-electron chi connectivity index (χ3n) is 3.26. The van der Waals surface area contributed by atoms with Crippen LogP contribution in [0.5, 0.6) is 5.75 Å². The Balaban J connectivity index is 2.99. The van der Waals surface area contributed by atoms with Gasteiger partial charge in [-0.25, -0.2) is 13.6 Å². The van der Waals surface area contributed by atoms with Crippen LogP contribution in [0.2, 0.25) is 0 Å². The van der Waals surface area contributed by atoms with E-state index in [9.17, 15) is 13.2 Å². The van der Waals surface area contributed by atoms with Gasteiger partial charge in [0.1, 0.15) is 10.6 Å². The Morgan fingerprint density at radius 2 is 2.00 bits per heavy atom. The predicted molar refractivity (Wildman–Crippen MR) is 80.6 cm³/mol. The van der Waals surface area contributed by atoms with E-state index in [1.54, 1.807) is 6.07 Å². The van der Waals surface area contributed by atoms with Crippen molar-refractivity contribution in [2.45, 2.75) is 44.0 Å². The largest absolute Gasteiger partial charge is 0.495 e. The van der Waals surface area contributed by atoms with Crippen molar-refractivity contribution < 1.29 is 17.9 Å². The first-order valence-electron chi connectivity index (χ1n) is 6.60. The van der Waals surface area contributed by atoms with Crippen molar-refractivity contribution in [3.63, 3.8) is 0 Å². The van der Waals surface area contributed by atoms with Crippen molar-refractivity contribution >= 4 is 15.9 Å². The van der Waals surface area contributed by atoms with Crippen LogP contribution in [0.25, 0.3) is 0 Å². The summed E-state index contributed by atoms with van der Waals surface area (Å²) in [7, 11) is -2.54. The van der Waals surface area contributed by atoms with Gasteiger partial charge < -0.3 is 10.1 Å². The maximum Gasteiger partial charge on any atom is 0.241 e. The number of nitrogens with two attached hydrogens (primary N) is 1. The minimum atomic E-state index is -3.90. The SMILES string of the molecule is CCC(C)(C)NC(=O)Cc1ccc(OC)c(S(N)(=O)=O)c1. The molecule has 0 aliphatic rings. The summed E-state index contributed by atoms with van der Waals surface area (Å²) in [6.45, 7) is 5.83. The van der Waals surface area contributed by atoms with Gasteiger partial charge >= 0.3 is 0 Å². The second-order valence-electron chi connectivity index (χ2n) is 5.49. The highest BCUT2D eigenvalue weighted by molar-refractivity contribution is 7.89. The third-order valence-corrected chi connectivity index (χ3v) is 4.19. The molecule has 0 bridgehead atoms. The highest BCUT2D eigenvalue weighted by atomic mass is 32.2. The molecule has 3 N–H and O–H groups in total. The van der Waals surface area contributed by atoms with Crippen molar-refractivity contribution in [3.05, 3.63) is 23.8 Å². The van der Waals surface area contributed by atoms with Crippen molar-refractivity contribution in [3.8, 4) is 5.75 Å². The summed E-state index contributed by atoms with van der Waals surface area (Å²) in [6, 6.07) is 4.51. The van der Waals surface area contributed by atoms with E-state index in [-0.39, 0.29) is 28.5 Å². The Labute approximate surface area is 125 Å². The lowest BCUT2D eigenvalue weighted by atomic mass is 10.0. The molecular weight excluding hydrogens is 292 g/mol. The number of methoxy groups -OCH3 is 1. The van der Waals surface area contributed by atoms with Crippen molar-refractivity contribution in [2.24, 2.45) is 5.14 Å². The molecule has 0 aromatic heterocycles. The molecule has 0 heterocycles. The number of ether oxygens (including phenoxy) is 1. The molecule has 1 amide bonds. The van der Waals surface area contributed by atoms with Crippen LogP contribution in [-0.2, 0) is 21.2 Å². The second kappa shape index (κ2) is 6.44. The predicted octanol–water partition coefficient (Wildman–Crippen LogP) is 1.19. The quantitative estimate of drug-likeness (QED) is 0.824. The van der Waals surface area contributed by atoms with Crippen LogP contribution in [0.3, 0.4) is 0 Å². The van der Waals surface area contributed by atoms with E-state index in [2.05, 4.69) is 5.32 Å². The molecular formula is C14H22N2O4S. The molecule has 0 radical (unpaired) electrons. The van der Waals surface area contributed by atoms with Gasteiger partial charge in [-0.15, -0.1) is 0 Å². The van der Waals surface area contributed by atoms with Crippen LogP contribution in [0.1, 0.15) is 32.8 Å². The first-order valence-corrected chi connectivity index (χ1v) is 8.14. The molecule has 0 aliphatic heterocycles. The number of nitrogens with one attached hydrogen (secondary N) is 1. The summed E-state index contributed by atoms with van der Waals surface area (Å²) in [5.41, 5.74) is 0.260. The van der Waals surface area contributed by atoms with Crippen molar-refractivity contribution in [2.75, 3.05) is 7.11 Å². The molecule has 1 aromatic carbocycles. The molecule has 0 atom stereocenters. The van der Waals surface area contributed by atoms with E-state index in [0.29, 0.717) is 5.56 Å². The van der Waals surface area contributed by atoms with E-state index in [1.165, 1.54) is 19.2 Å². The smallest absolute Gasteiger partial charge is 0.241 e. The zero-order chi connectivity index (χ0) is 16.3. The number of carbonyl (C=O) groups is 1. The highest BCUT2D eigenvalue weighted by Gasteiger charge is 2.20. The molecule has 6 nitrogen and oxygen atoms in total. The topological polar surface area (TPSA) is 98.5 Å². The molecule has 0 aliphatic carbocycles. The average molecular weight is 314 g/mol. The number of hydrogen-bond donors (Lipinski definition) is 2. The molecule has 0 spiro atoms. The fourth-order valence-corrected chi connectivity index (χ4v) is 2.50. The number of hydrogen-bond acceptors (Lipinski definition) is 4. The molecule has 0 saturated carbocycles. The Morgan fingerprint density at radius 1 is 1.38 bits per heavy atom. The van der Waals surface area contributed by atoms with Gasteiger partial charge in [-0.1, -0.05) is 13.0 Å². The summed E-state index contributed by atoms with van der Waals surface area (Å²) < 4.78 is 28.0. The Kier molecular flexibility index (Phi) is 5.36. The molecule has 1 rings (SSSR count). The Morgan fingerprint density at radius 3 is 2.48 bits per heavy atom. The van der Waals surface area contributed by atoms with E-state index >= 15 is 0 Å². The second-order valence-corrected chi connectivity index (χ2v) is 7.02. The van der Waals surface area contributed by atoms with Gasteiger partial charge in [-0.05, 0) is 38.0 Å². The number of rotatable bonds is 6. The van der Waals surface area contributed by atoms with Gasteiger partial charge in [0.25, 0.3) is 0 Å². The van der Waals surface area contributed by atoms with Gasteiger partial charge in [0.2, 0.25) is 15.9 Å². The summed E-state index contributed by atoms with van der Waals surface area (Å²) in [5.74, 6) is -0.0112. The van der Waals surface area contributed by atoms with E-state index in [1.807, 2.05) is 20.8 Å². The number of benzene rings is 1. The average Bonchev–Trinajstić information content (AvgIpc) is 2.37. The molecule has 21 heavy (non-hydrogen) atoms. The molecule has 0 saturated heterocycles. The normalized spacial score (nSPS) is 12.0. The van der Waals surface area contributed by atoms with Crippen LogP contribution in [0, 0.1) is 0 Å². The number of amides is 1. The van der Waals surface area contributed by atoms with Crippen molar-refractivity contribution in [1.82, 2.24) is 5.32 Å². The first kappa shape index (κ1) is 17.5. The summed E-state index contributed by atoms with van der Waals surface area (Å²) in [6.07, 6.45) is 0.875. The van der Waals surface area contributed by atoms with Crippen molar-refractivity contribution in [1.29, 1.82) is 0 Å². The Bertz CT molecular complexity index is 624. The van der Waals surface area contributed by atoms with Crippen LogP contribution in [-0.4, -0.2) is 27.0 Å². The van der Waals surface area contributed by atoms with Crippen LogP contribution >= 0.6 is 0 Å². The maximum absolute atomic E-state index is 12.0. The number of primary sulfonamides is 1. The molecule has 1 aromatic rings. The summed E-state index contributed by atoms with van der Waals surface area (Å²) in [4.78, 5) is 11.9. The minimum absolute atomic E-state index is 0.0793. The lowest BCUT2D eigenvalue weighted by molar-refractivity contribution is -0.122. The van der Waals surface area contributed by atoms with Crippen LogP contribution in [0.4, 0.5) is 0 Å². The fourth-order valence-electron chi connectivity index (χ4n) is 1.75. The lowest BCUT2D eigenvalue weighted by Gasteiger charge is -2.24. The molecule has 0 fully saturated rings.